The van der Waals surface area contributed by atoms with Gasteiger partial charge >= 0.3 is 0 Å². The van der Waals surface area contributed by atoms with Crippen molar-refractivity contribution in [2.45, 2.75) is 53.4 Å². The van der Waals surface area contributed by atoms with Crippen LogP contribution >= 0.6 is 0 Å². The molecule has 2 aromatic rings. The maximum atomic E-state index is 5.35. The van der Waals surface area contributed by atoms with Gasteiger partial charge in [0.2, 0.25) is 0 Å². The molecule has 0 bridgehead atoms. The van der Waals surface area contributed by atoms with Gasteiger partial charge in [-0.2, -0.15) is 0 Å². The van der Waals surface area contributed by atoms with E-state index in [4.69, 9.17) is 4.52 Å². The van der Waals surface area contributed by atoms with E-state index >= 15 is 0 Å². The Labute approximate surface area is 104 Å². The number of rotatable bonds is 2. The lowest BCUT2D eigenvalue weighted by Gasteiger charge is -2.08. The zero-order chi connectivity index (χ0) is 13.0. The summed E-state index contributed by atoms with van der Waals surface area (Å²) in [4.78, 5) is 0. The van der Waals surface area contributed by atoms with E-state index in [1.165, 1.54) is 10.9 Å². The van der Waals surface area contributed by atoms with Crippen molar-refractivity contribution in [2.75, 3.05) is 0 Å². The largest absolute Gasteiger partial charge is 0.356 e. The number of aromatic nitrogens is 1. The van der Waals surface area contributed by atoms with Gasteiger partial charge in [-0.05, 0) is 23.5 Å². The molecule has 2 nitrogen and oxygen atoms in total. The van der Waals surface area contributed by atoms with Crippen LogP contribution in [0.3, 0.4) is 0 Å². The quantitative estimate of drug-likeness (QED) is 0.721. The minimum atomic E-state index is 0.408. The second-order valence-electron chi connectivity index (χ2n) is 4.60. The first-order valence-corrected chi connectivity index (χ1v) is 6.49. The summed E-state index contributed by atoms with van der Waals surface area (Å²) in [6.45, 7) is 12.7. The molecule has 1 aromatic heterocycles. The topological polar surface area (TPSA) is 26.0 Å². The predicted octanol–water partition coefficient (Wildman–Crippen LogP) is 5.10. The van der Waals surface area contributed by atoms with Crippen LogP contribution in [0.1, 0.15) is 64.6 Å². The molecule has 1 heterocycles. The SMILES string of the molecule is CC.CC(C)c1cccc2onc(C(C)C)c12. The Morgan fingerprint density at radius 2 is 1.65 bits per heavy atom. The van der Waals surface area contributed by atoms with Crippen molar-refractivity contribution in [3.8, 4) is 0 Å². The highest BCUT2D eigenvalue weighted by molar-refractivity contribution is 5.84. The maximum Gasteiger partial charge on any atom is 0.167 e. The lowest BCUT2D eigenvalue weighted by molar-refractivity contribution is 0.441. The van der Waals surface area contributed by atoms with Gasteiger partial charge in [0.1, 0.15) is 0 Å². The molecule has 2 heteroatoms. The van der Waals surface area contributed by atoms with Gasteiger partial charge in [-0.1, -0.05) is 58.8 Å². The summed E-state index contributed by atoms with van der Waals surface area (Å²) < 4.78 is 5.35. The van der Waals surface area contributed by atoms with Crippen LogP contribution in [0.2, 0.25) is 0 Å². The van der Waals surface area contributed by atoms with Crippen molar-refractivity contribution in [3.63, 3.8) is 0 Å². The first kappa shape index (κ1) is 13.8. The van der Waals surface area contributed by atoms with E-state index < -0.39 is 0 Å². The van der Waals surface area contributed by atoms with Crippen molar-refractivity contribution < 1.29 is 4.52 Å². The van der Waals surface area contributed by atoms with E-state index in [0.717, 1.165) is 11.3 Å². The van der Waals surface area contributed by atoms with Crippen LogP contribution in [-0.4, -0.2) is 5.16 Å². The summed E-state index contributed by atoms with van der Waals surface area (Å²) in [5.74, 6) is 0.914. The third-order valence-electron chi connectivity index (χ3n) is 2.73. The molecule has 94 valence electrons. The fourth-order valence-electron chi connectivity index (χ4n) is 1.92. The van der Waals surface area contributed by atoms with E-state index in [1.54, 1.807) is 0 Å². The first-order valence-electron chi connectivity index (χ1n) is 6.49. The molecule has 2 rings (SSSR count). The van der Waals surface area contributed by atoms with E-state index in [0.29, 0.717) is 11.8 Å². The van der Waals surface area contributed by atoms with Gasteiger partial charge in [0.25, 0.3) is 0 Å². The summed E-state index contributed by atoms with van der Waals surface area (Å²) in [6, 6.07) is 6.18. The van der Waals surface area contributed by atoms with Crippen LogP contribution in [0, 0.1) is 0 Å². The Hall–Kier alpha value is -1.31. The Balaban J connectivity index is 0.000000686. The average Bonchev–Trinajstić information content (AvgIpc) is 2.74. The molecule has 17 heavy (non-hydrogen) atoms. The van der Waals surface area contributed by atoms with Gasteiger partial charge < -0.3 is 4.52 Å². The molecule has 0 saturated heterocycles. The molecular weight excluding hydrogens is 210 g/mol. The molecule has 0 aliphatic carbocycles. The molecule has 0 radical (unpaired) electrons. The molecule has 0 amide bonds. The predicted molar refractivity (Wildman–Crippen MR) is 73.5 cm³/mol. The second-order valence-corrected chi connectivity index (χ2v) is 4.60. The van der Waals surface area contributed by atoms with Crippen LogP contribution in [0.25, 0.3) is 11.0 Å². The summed E-state index contributed by atoms with van der Waals surface area (Å²) in [7, 11) is 0. The smallest absolute Gasteiger partial charge is 0.167 e. The molecule has 0 fully saturated rings. The Morgan fingerprint density at radius 1 is 1.00 bits per heavy atom. The Morgan fingerprint density at radius 3 is 2.18 bits per heavy atom. The van der Waals surface area contributed by atoms with Crippen molar-refractivity contribution in [1.29, 1.82) is 0 Å². The van der Waals surface area contributed by atoms with Crippen molar-refractivity contribution in [2.24, 2.45) is 0 Å². The van der Waals surface area contributed by atoms with Gasteiger partial charge in [0, 0.05) is 5.39 Å². The van der Waals surface area contributed by atoms with Gasteiger partial charge in [-0.15, -0.1) is 0 Å². The second kappa shape index (κ2) is 5.85. The highest BCUT2D eigenvalue weighted by Gasteiger charge is 2.16. The molecular formula is C15H23NO. The number of hydrogen-bond donors (Lipinski definition) is 0. The third-order valence-corrected chi connectivity index (χ3v) is 2.73. The molecule has 0 aliphatic heterocycles. The molecule has 0 aliphatic rings. The van der Waals surface area contributed by atoms with Gasteiger partial charge in [0.05, 0.1) is 5.69 Å². The minimum absolute atomic E-state index is 0.408. The standard InChI is InChI=1S/C13H17NO.C2H6/c1-8(2)10-6-5-7-11-12(10)13(9(3)4)14-15-11;1-2/h5-9H,1-4H3;1-2H3. The van der Waals surface area contributed by atoms with E-state index in [-0.39, 0.29) is 0 Å². The fourth-order valence-corrected chi connectivity index (χ4v) is 1.92. The highest BCUT2D eigenvalue weighted by Crippen LogP contribution is 2.31. The van der Waals surface area contributed by atoms with E-state index in [9.17, 15) is 0 Å². The maximum absolute atomic E-state index is 5.35. The van der Waals surface area contributed by atoms with E-state index in [2.05, 4.69) is 38.9 Å². The van der Waals surface area contributed by atoms with Crippen LogP contribution in [0.4, 0.5) is 0 Å². The monoisotopic (exact) mass is 233 g/mol. The Bertz CT molecular complexity index is 469. The zero-order valence-corrected chi connectivity index (χ0v) is 11.7. The summed E-state index contributed by atoms with van der Waals surface area (Å²) in [5.41, 5.74) is 3.32. The van der Waals surface area contributed by atoms with Crippen LogP contribution in [0.5, 0.6) is 0 Å². The molecule has 0 N–H and O–H groups in total. The lowest BCUT2D eigenvalue weighted by Crippen LogP contribution is -1.93. The summed E-state index contributed by atoms with van der Waals surface area (Å²) >= 11 is 0. The number of hydrogen-bond acceptors (Lipinski definition) is 2. The average molecular weight is 233 g/mol. The zero-order valence-electron chi connectivity index (χ0n) is 11.7. The number of benzene rings is 1. The van der Waals surface area contributed by atoms with Crippen LogP contribution in [0.15, 0.2) is 22.7 Å². The van der Waals surface area contributed by atoms with Gasteiger partial charge in [-0.25, -0.2) is 0 Å². The van der Waals surface area contributed by atoms with Crippen LogP contribution in [-0.2, 0) is 0 Å². The highest BCUT2D eigenvalue weighted by atomic mass is 16.5. The summed E-state index contributed by atoms with van der Waals surface area (Å²) in [6.07, 6.45) is 0. The first-order chi connectivity index (χ1) is 8.11. The third kappa shape index (κ3) is 2.68. The normalized spacial score (nSPS) is 10.8. The molecule has 0 unspecified atom stereocenters. The molecule has 0 saturated carbocycles. The van der Waals surface area contributed by atoms with Crippen LogP contribution < -0.4 is 0 Å². The molecule has 0 spiro atoms. The molecule has 1 aromatic carbocycles. The van der Waals surface area contributed by atoms with Crippen molar-refractivity contribution >= 4 is 11.0 Å². The van der Waals surface area contributed by atoms with Crippen molar-refractivity contribution in [1.82, 2.24) is 5.16 Å². The lowest BCUT2D eigenvalue weighted by atomic mass is 9.95. The van der Waals surface area contributed by atoms with Gasteiger partial charge in [0.15, 0.2) is 5.58 Å². The molecule has 0 atom stereocenters. The minimum Gasteiger partial charge on any atom is -0.356 e. The fraction of sp³-hybridized carbons (Fsp3) is 0.533. The Kier molecular flexibility index (Phi) is 4.73. The van der Waals surface area contributed by atoms with Gasteiger partial charge in [-0.3, -0.25) is 0 Å². The van der Waals surface area contributed by atoms with E-state index in [1.807, 2.05) is 26.0 Å². The summed E-state index contributed by atoms with van der Waals surface area (Å²) in [5, 5.41) is 5.37. The number of nitrogens with zero attached hydrogens (tertiary/aromatic N) is 1. The number of fused-ring (bicyclic) bond motifs is 1. The van der Waals surface area contributed by atoms with Crippen molar-refractivity contribution in [3.05, 3.63) is 29.5 Å².